The van der Waals surface area contributed by atoms with Crippen LogP contribution in [0.25, 0.3) is 0 Å². The molecule has 1 aromatic rings. The molecule has 1 aromatic heterocycles. The number of aromatic nitrogens is 3. The maximum absolute atomic E-state index is 12.2. The first-order valence-corrected chi connectivity index (χ1v) is 5.18. The third-order valence-electron chi connectivity index (χ3n) is 2.89. The zero-order chi connectivity index (χ0) is 14.3. The van der Waals surface area contributed by atoms with Gasteiger partial charge in [-0.1, -0.05) is 0 Å². The van der Waals surface area contributed by atoms with Crippen LogP contribution in [0.1, 0.15) is 6.42 Å². The molecule has 0 saturated carbocycles. The van der Waals surface area contributed by atoms with Crippen LogP contribution in [-0.2, 0) is 15.1 Å². The van der Waals surface area contributed by atoms with Crippen molar-refractivity contribution in [1.29, 1.82) is 0 Å². The number of alkyl halides is 3. The molecule has 104 valence electrons. The number of likely N-dealkylation sites (tertiary alicyclic amines) is 1. The van der Waals surface area contributed by atoms with Crippen LogP contribution >= 0.6 is 0 Å². The molecule has 1 saturated heterocycles. The summed E-state index contributed by atoms with van der Waals surface area (Å²) in [5.74, 6) is -3.16. The lowest BCUT2D eigenvalue weighted by Gasteiger charge is -2.48. The minimum atomic E-state index is -4.96. The molecular formula is C9H9F3N4O3. The van der Waals surface area contributed by atoms with Gasteiger partial charge in [-0.2, -0.15) is 18.3 Å². The summed E-state index contributed by atoms with van der Waals surface area (Å²) in [4.78, 5) is 26.0. The Morgan fingerprint density at radius 1 is 1.37 bits per heavy atom. The topological polar surface area (TPSA) is 88.3 Å². The summed E-state index contributed by atoms with van der Waals surface area (Å²) in [6.07, 6.45) is -3.02. The van der Waals surface area contributed by atoms with E-state index in [4.69, 9.17) is 5.11 Å². The van der Waals surface area contributed by atoms with Gasteiger partial charge in [0.25, 0.3) is 0 Å². The lowest BCUT2D eigenvalue weighted by molar-refractivity contribution is -0.196. The Bertz CT molecular complexity index is 493. The van der Waals surface area contributed by atoms with E-state index in [2.05, 4.69) is 10.1 Å². The normalized spacial score (nSPS) is 17.9. The number of nitrogens with zero attached hydrogens (tertiary/aromatic N) is 4. The summed E-state index contributed by atoms with van der Waals surface area (Å²) < 4.78 is 37.9. The van der Waals surface area contributed by atoms with Gasteiger partial charge in [0.15, 0.2) is 0 Å². The Kier molecular flexibility index (Phi) is 2.95. The standard InChI is InChI=1S/C9H9F3N4O3/c10-9(11,12)7(19)15-2-8(3-15,1-6(17)18)16-5-13-4-14-16/h4-5H,1-3H2,(H,17,18). The van der Waals surface area contributed by atoms with Gasteiger partial charge >= 0.3 is 18.1 Å². The van der Waals surface area contributed by atoms with Crippen molar-refractivity contribution in [1.82, 2.24) is 19.7 Å². The van der Waals surface area contributed by atoms with Crippen molar-refractivity contribution in [2.24, 2.45) is 0 Å². The highest BCUT2D eigenvalue weighted by atomic mass is 19.4. The van der Waals surface area contributed by atoms with E-state index in [-0.39, 0.29) is 13.1 Å². The van der Waals surface area contributed by atoms with Crippen molar-refractivity contribution in [2.45, 2.75) is 18.1 Å². The summed E-state index contributed by atoms with van der Waals surface area (Å²) in [5, 5.41) is 12.6. The molecule has 0 aliphatic carbocycles. The summed E-state index contributed by atoms with van der Waals surface area (Å²) in [6, 6.07) is 0. The van der Waals surface area contributed by atoms with Gasteiger partial charge in [0, 0.05) is 13.1 Å². The molecule has 1 aliphatic rings. The number of amides is 1. The van der Waals surface area contributed by atoms with Crippen LogP contribution in [0.5, 0.6) is 0 Å². The van der Waals surface area contributed by atoms with Gasteiger partial charge in [-0.3, -0.25) is 9.59 Å². The molecule has 1 fully saturated rings. The molecule has 0 spiro atoms. The van der Waals surface area contributed by atoms with E-state index in [1.165, 1.54) is 11.0 Å². The van der Waals surface area contributed by atoms with Crippen LogP contribution in [0.3, 0.4) is 0 Å². The van der Waals surface area contributed by atoms with Crippen LogP contribution in [0.4, 0.5) is 13.2 Å². The first-order chi connectivity index (χ1) is 8.74. The van der Waals surface area contributed by atoms with Crippen molar-refractivity contribution in [2.75, 3.05) is 13.1 Å². The molecule has 2 rings (SSSR count). The molecule has 2 heterocycles. The van der Waals surface area contributed by atoms with Crippen LogP contribution in [-0.4, -0.2) is 55.9 Å². The van der Waals surface area contributed by atoms with Gasteiger partial charge in [0.05, 0.1) is 6.42 Å². The van der Waals surface area contributed by atoms with Crippen molar-refractivity contribution in [3.63, 3.8) is 0 Å². The zero-order valence-corrected chi connectivity index (χ0v) is 9.46. The monoisotopic (exact) mass is 278 g/mol. The molecule has 0 aromatic carbocycles. The lowest BCUT2D eigenvalue weighted by atomic mass is 9.86. The number of carboxylic acid groups (broad SMARTS) is 1. The van der Waals surface area contributed by atoms with E-state index in [0.29, 0.717) is 4.90 Å². The molecule has 0 radical (unpaired) electrons. The first-order valence-electron chi connectivity index (χ1n) is 5.18. The number of rotatable bonds is 3. The Hall–Kier alpha value is -2.13. The number of hydrogen-bond acceptors (Lipinski definition) is 4. The number of halogens is 3. The van der Waals surface area contributed by atoms with Crippen LogP contribution in [0, 0.1) is 0 Å². The molecular weight excluding hydrogens is 269 g/mol. The summed E-state index contributed by atoms with van der Waals surface area (Å²) >= 11 is 0. The predicted octanol–water partition coefficient (Wildman–Crippen LogP) is -0.147. The van der Waals surface area contributed by atoms with Gasteiger partial charge in [0.1, 0.15) is 18.2 Å². The van der Waals surface area contributed by atoms with Gasteiger partial charge < -0.3 is 10.0 Å². The Balaban J connectivity index is 2.15. The van der Waals surface area contributed by atoms with Gasteiger partial charge in [0.2, 0.25) is 0 Å². The zero-order valence-electron chi connectivity index (χ0n) is 9.46. The fourth-order valence-corrected chi connectivity index (χ4v) is 2.06. The quantitative estimate of drug-likeness (QED) is 0.830. The van der Waals surface area contributed by atoms with Gasteiger partial charge in [-0.25, -0.2) is 9.67 Å². The Labute approximate surface area is 104 Å². The minimum Gasteiger partial charge on any atom is -0.481 e. The van der Waals surface area contributed by atoms with E-state index >= 15 is 0 Å². The average molecular weight is 278 g/mol. The largest absolute Gasteiger partial charge is 0.481 e. The SMILES string of the molecule is O=C(O)CC1(n2cncn2)CN(C(=O)C(F)(F)F)C1. The molecule has 0 atom stereocenters. The third-order valence-corrected chi connectivity index (χ3v) is 2.89. The van der Waals surface area contributed by atoms with E-state index in [1.807, 2.05) is 0 Å². The maximum atomic E-state index is 12.2. The fraction of sp³-hybridized carbons (Fsp3) is 0.556. The molecule has 0 bridgehead atoms. The van der Waals surface area contributed by atoms with Gasteiger partial charge in [-0.05, 0) is 0 Å². The van der Waals surface area contributed by atoms with E-state index in [0.717, 1.165) is 6.33 Å². The summed E-state index contributed by atoms with van der Waals surface area (Å²) in [6.45, 7) is -0.720. The van der Waals surface area contributed by atoms with Crippen molar-refractivity contribution in [3.8, 4) is 0 Å². The number of carboxylic acids is 1. The van der Waals surface area contributed by atoms with E-state index < -0.39 is 30.0 Å². The molecule has 10 heteroatoms. The summed E-state index contributed by atoms with van der Waals surface area (Å²) in [7, 11) is 0. The minimum absolute atomic E-state index is 0.360. The molecule has 1 N–H and O–H groups in total. The number of carbonyl (C=O) groups is 2. The highest BCUT2D eigenvalue weighted by molar-refractivity contribution is 5.83. The fourth-order valence-electron chi connectivity index (χ4n) is 2.06. The number of hydrogen-bond donors (Lipinski definition) is 1. The molecule has 1 amide bonds. The Morgan fingerprint density at radius 3 is 2.42 bits per heavy atom. The number of aliphatic carboxylic acids is 1. The highest BCUT2D eigenvalue weighted by Crippen LogP contribution is 2.34. The molecule has 19 heavy (non-hydrogen) atoms. The molecule has 0 unspecified atom stereocenters. The maximum Gasteiger partial charge on any atom is 0.471 e. The smallest absolute Gasteiger partial charge is 0.471 e. The van der Waals surface area contributed by atoms with Gasteiger partial charge in [-0.15, -0.1) is 0 Å². The second-order valence-electron chi connectivity index (χ2n) is 4.29. The van der Waals surface area contributed by atoms with Crippen LogP contribution < -0.4 is 0 Å². The number of carbonyl (C=O) groups excluding carboxylic acids is 1. The first kappa shape index (κ1) is 13.3. The highest BCUT2D eigenvalue weighted by Gasteiger charge is 2.54. The van der Waals surface area contributed by atoms with E-state index in [1.54, 1.807) is 0 Å². The predicted molar refractivity (Wildman–Crippen MR) is 52.9 cm³/mol. The lowest BCUT2D eigenvalue weighted by Crippen LogP contribution is -2.67. The van der Waals surface area contributed by atoms with Crippen molar-refractivity contribution >= 4 is 11.9 Å². The van der Waals surface area contributed by atoms with E-state index in [9.17, 15) is 22.8 Å². The van der Waals surface area contributed by atoms with Crippen molar-refractivity contribution < 1.29 is 27.9 Å². The molecule has 7 nitrogen and oxygen atoms in total. The summed E-state index contributed by atoms with van der Waals surface area (Å²) in [5.41, 5.74) is -1.16. The Morgan fingerprint density at radius 2 is 2.00 bits per heavy atom. The second kappa shape index (κ2) is 4.21. The van der Waals surface area contributed by atoms with Crippen LogP contribution in [0.2, 0.25) is 0 Å². The van der Waals surface area contributed by atoms with Crippen molar-refractivity contribution in [3.05, 3.63) is 12.7 Å². The molecule has 1 aliphatic heterocycles. The third kappa shape index (κ3) is 2.37. The average Bonchev–Trinajstić information content (AvgIpc) is 2.73. The van der Waals surface area contributed by atoms with Crippen LogP contribution in [0.15, 0.2) is 12.7 Å². The second-order valence-corrected chi connectivity index (χ2v) is 4.29.